The molecule has 18 heavy (non-hydrogen) atoms. The zero-order valence-corrected chi connectivity index (χ0v) is 12.0. The molecule has 2 N–H and O–H groups in total. The van der Waals surface area contributed by atoms with Gasteiger partial charge in [0.05, 0.1) is 11.2 Å². The van der Waals surface area contributed by atoms with E-state index >= 15 is 0 Å². The Balaban J connectivity index is 2.08. The molecular weight excluding hydrogens is 264 g/mol. The maximum absolute atomic E-state index is 6.27. The number of fused-ring (bicyclic) bond motifs is 3. The normalized spacial score (nSPS) is 16.2. The molecule has 1 unspecified atom stereocenters. The average molecular weight is 279 g/mol. The van der Waals surface area contributed by atoms with E-state index in [9.17, 15) is 0 Å². The Hall–Kier alpha value is -0.900. The summed E-state index contributed by atoms with van der Waals surface area (Å²) in [7, 11) is 0. The number of aromatic nitrogens is 1. The number of nitrogens with zero attached hydrogens (tertiary/aromatic N) is 1. The third-order valence-corrected chi connectivity index (χ3v) is 5.16. The van der Waals surface area contributed by atoms with E-state index in [2.05, 4.69) is 13.0 Å². The van der Waals surface area contributed by atoms with Crippen LogP contribution in [0.1, 0.15) is 35.7 Å². The van der Waals surface area contributed by atoms with E-state index in [1.165, 1.54) is 16.0 Å². The van der Waals surface area contributed by atoms with Crippen LogP contribution in [0.25, 0.3) is 11.3 Å². The lowest BCUT2D eigenvalue weighted by Crippen LogP contribution is -2.31. The van der Waals surface area contributed by atoms with Crippen LogP contribution < -0.4 is 5.73 Å². The molecule has 3 rings (SSSR count). The van der Waals surface area contributed by atoms with Crippen LogP contribution in [0.2, 0.25) is 5.02 Å². The van der Waals surface area contributed by atoms with Crippen LogP contribution in [0.15, 0.2) is 18.2 Å². The van der Waals surface area contributed by atoms with Crippen molar-refractivity contribution in [2.24, 2.45) is 5.73 Å². The van der Waals surface area contributed by atoms with Crippen LogP contribution in [0.3, 0.4) is 0 Å². The molecule has 0 radical (unpaired) electrons. The van der Waals surface area contributed by atoms with Crippen LogP contribution in [-0.2, 0) is 12.0 Å². The molecule has 2 nitrogen and oxygen atoms in total. The number of hydrogen-bond acceptors (Lipinski definition) is 3. The number of thiazole rings is 1. The zero-order chi connectivity index (χ0) is 12.9. The molecule has 0 aliphatic heterocycles. The van der Waals surface area contributed by atoms with Crippen molar-refractivity contribution >= 4 is 22.9 Å². The van der Waals surface area contributed by atoms with Crippen LogP contribution in [0.5, 0.6) is 0 Å². The van der Waals surface area contributed by atoms with Gasteiger partial charge in [0, 0.05) is 21.9 Å². The fraction of sp³-hybridized carbons (Fsp3) is 0.357. The molecule has 1 aromatic heterocycles. The molecule has 0 amide bonds. The molecule has 0 fully saturated rings. The van der Waals surface area contributed by atoms with Crippen LogP contribution in [-0.4, -0.2) is 4.98 Å². The Morgan fingerprint density at radius 1 is 1.50 bits per heavy atom. The summed E-state index contributed by atoms with van der Waals surface area (Å²) in [6.07, 6.45) is 1.83. The summed E-state index contributed by atoms with van der Waals surface area (Å²) in [6.45, 7) is 4.14. The number of hydrogen-bond donors (Lipinski definition) is 1. The maximum Gasteiger partial charge on any atom is 0.113 e. The molecule has 0 saturated carbocycles. The van der Waals surface area contributed by atoms with E-state index < -0.39 is 0 Å². The van der Waals surface area contributed by atoms with Crippen LogP contribution in [0, 0.1) is 0 Å². The molecule has 94 valence electrons. The van der Waals surface area contributed by atoms with E-state index in [0.717, 1.165) is 28.6 Å². The molecule has 0 spiro atoms. The Labute approximate surface area is 116 Å². The highest BCUT2D eigenvalue weighted by Crippen LogP contribution is 2.42. The molecule has 1 heterocycles. The van der Waals surface area contributed by atoms with Gasteiger partial charge in [-0.05, 0) is 31.0 Å². The fourth-order valence-corrected chi connectivity index (χ4v) is 3.61. The van der Waals surface area contributed by atoms with Crippen molar-refractivity contribution in [3.8, 4) is 11.3 Å². The van der Waals surface area contributed by atoms with E-state index in [1.807, 2.05) is 19.1 Å². The van der Waals surface area contributed by atoms with Gasteiger partial charge in [0.15, 0.2) is 0 Å². The first kappa shape index (κ1) is 12.2. The van der Waals surface area contributed by atoms with Gasteiger partial charge >= 0.3 is 0 Å². The molecule has 1 aliphatic rings. The molecule has 0 bridgehead atoms. The Morgan fingerprint density at radius 3 is 3.00 bits per heavy atom. The summed E-state index contributed by atoms with van der Waals surface area (Å²) in [5, 5.41) is 1.83. The second-order valence-corrected chi connectivity index (χ2v) is 6.56. The van der Waals surface area contributed by atoms with Gasteiger partial charge in [-0.25, -0.2) is 4.98 Å². The third kappa shape index (κ3) is 1.78. The maximum atomic E-state index is 6.27. The van der Waals surface area contributed by atoms with Crippen LogP contribution >= 0.6 is 22.9 Å². The summed E-state index contributed by atoms with van der Waals surface area (Å²) in [4.78, 5) is 6.07. The van der Waals surface area contributed by atoms with Gasteiger partial charge in [-0.1, -0.05) is 24.6 Å². The fourth-order valence-electron chi connectivity index (χ4n) is 2.19. The standard InChI is InChI=1S/C14H15ClN2S/c1-3-14(2,16)13-17-12-10-5-4-9(15)6-8(10)7-11(12)18-13/h4-6H,3,7,16H2,1-2H3. The van der Waals surface area contributed by atoms with Crippen molar-refractivity contribution in [1.29, 1.82) is 0 Å². The first-order chi connectivity index (χ1) is 8.51. The van der Waals surface area contributed by atoms with E-state index in [4.69, 9.17) is 22.3 Å². The first-order valence-corrected chi connectivity index (χ1v) is 7.28. The minimum Gasteiger partial charge on any atom is -0.320 e. The highest BCUT2D eigenvalue weighted by atomic mass is 35.5. The Bertz CT molecular complexity index is 616. The Kier molecular flexibility index (Phi) is 2.73. The van der Waals surface area contributed by atoms with E-state index in [0.29, 0.717) is 0 Å². The van der Waals surface area contributed by atoms with Gasteiger partial charge in [0.1, 0.15) is 5.01 Å². The summed E-state index contributed by atoms with van der Waals surface area (Å²) in [6, 6.07) is 6.02. The minimum absolute atomic E-state index is 0.318. The average Bonchev–Trinajstić information content (AvgIpc) is 2.85. The minimum atomic E-state index is -0.318. The van der Waals surface area contributed by atoms with Crippen molar-refractivity contribution in [2.45, 2.75) is 32.2 Å². The van der Waals surface area contributed by atoms with Gasteiger partial charge in [-0.2, -0.15) is 0 Å². The Morgan fingerprint density at radius 2 is 2.28 bits per heavy atom. The molecule has 1 aromatic carbocycles. The quantitative estimate of drug-likeness (QED) is 0.771. The topological polar surface area (TPSA) is 38.9 Å². The van der Waals surface area contributed by atoms with Gasteiger partial charge in [-0.3, -0.25) is 0 Å². The number of halogens is 1. The largest absolute Gasteiger partial charge is 0.320 e. The number of rotatable bonds is 2. The lowest BCUT2D eigenvalue weighted by molar-refractivity contribution is 0.474. The monoisotopic (exact) mass is 278 g/mol. The third-order valence-electron chi connectivity index (χ3n) is 3.59. The van der Waals surface area contributed by atoms with Gasteiger partial charge in [-0.15, -0.1) is 11.3 Å². The van der Waals surface area contributed by atoms with E-state index in [1.54, 1.807) is 11.3 Å². The number of nitrogens with two attached hydrogens (primary N) is 1. The van der Waals surface area contributed by atoms with Crippen molar-refractivity contribution in [3.05, 3.63) is 38.7 Å². The predicted octanol–water partition coefficient (Wildman–Crippen LogP) is 3.95. The van der Waals surface area contributed by atoms with Gasteiger partial charge in [0.2, 0.25) is 0 Å². The van der Waals surface area contributed by atoms with Crippen molar-refractivity contribution in [3.63, 3.8) is 0 Å². The predicted molar refractivity (Wildman–Crippen MR) is 77.2 cm³/mol. The lowest BCUT2D eigenvalue weighted by Gasteiger charge is -2.19. The highest BCUT2D eigenvalue weighted by Gasteiger charge is 2.29. The highest BCUT2D eigenvalue weighted by molar-refractivity contribution is 7.12. The van der Waals surface area contributed by atoms with Crippen LogP contribution in [0.4, 0.5) is 0 Å². The molecule has 2 aromatic rings. The summed E-state index contributed by atoms with van der Waals surface area (Å²) < 4.78 is 0. The molecule has 4 heteroatoms. The zero-order valence-electron chi connectivity index (χ0n) is 10.5. The van der Waals surface area contributed by atoms with E-state index in [-0.39, 0.29) is 5.54 Å². The summed E-state index contributed by atoms with van der Waals surface area (Å²) in [5.74, 6) is 0. The SMILES string of the molecule is CCC(C)(N)c1nc2c(s1)Cc1cc(Cl)ccc1-2. The summed E-state index contributed by atoms with van der Waals surface area (Å²) in [5.41, 5.74) is 9.54. The number of benzene rings is 1. The molecule has 1 aliphatic carbocycles. The summed E-state index contributed by atoms with van der Waals surface area (Å²) >= 11 is 7.76. The lowest BCUT2D eigenvalue weighted by atomic mass is 10.0. The smallest absolute Gasteiger partial charge is 0.113 e. The first-order valence-electron chi connectivity index (χ1n) is 6.09. The molecule has 1 atom stereocenters. The molecular formula is C14H15ClN2S. The second-order valence-electron chi connectivity index (χ2n) is 5.04. The van der Waals surface area contributed by atoms with Crippen molar-refractivity contribution < 1.29 is 0 Å². The van der Waals surface area contributed by atoms with Gasteiger partial charge < -0.3 is 5.73 Å². The van der Waals surface area contributed by atoms with Gasteiger partial charge in [0.25, 0.3) is 0 Å². The molecule has 0 saturated heterocycles. The second kappa shape index (κ2) is 4.05. The van der Waals surface area contributed by atoms with Crippen molar-refractivity contribution in [2.75, 3.05) is 0 Å². The van der Waals surface area contributed by atoms with Crippen molar-refractivity contribution in [1.82, 2.24) is 4.98 Å².